The van der Waals surface area contributed by atoms with Gasteiger partial charge in [0, 0.05) is 25.8 Å². The average Bonchev–Trinajstić information content (AvgIpc) is 3.41. The van der Waals surface area contributed by atoms with E-state index in [1.54, 1.807) is 21.3 Å². The van der Waals surface area contributed by atoms with Crippen LogP contribution < -0.4 is 24.3 Å². The number of fused-ring (bicyclic) bond motifs is 1. The van der Waals surface area contributed by atoms with Gasteiger partial charge >= 0.3 is 0 Å². The Hall–Kier alpha value is -3.39. The largest absolute Gasteiger partial charge is 0.493 e. The third-order valence-corrected chi connectivity index (χ3v) is 4.94. The molecule has 1 aromatic heterocycles. The highest BCUT2D eigenvalue weighted by Crippen LogP contribution is 2.36. The molecule has 0 unspecified atom stereocenters. The lowest BCUT2D eigenvalue weighted by Crippen LogP contribution is -2.11. The van der Waals surface area contributed by atoms with Gasteiger partial charge < -0.3 is 33.6 Å². The highest BCUT2D eigenvalue weighted by atomic mass is 16.7. The first-order chi connectivity index (χ1) is 14.7. The minimum atomic E-state index is 0.250. The molecule has 30 heavy (non-hydrogen) atoms. The third-order valence-electron chi connectivity index (χ3n) is 4.94. The third kappa shape index (κ3) is 3.99. The maximum Gasteiger partial charge on any atom is 0.231 e. The Morgan fingerprint density at radius 2 is 1.83 bits per heavy atom. The van der Waals surface area contributed by atoms with Crippen LogP contribution in [0.5, 0.6) is 23.0 Å². The van der Waals surface area contributed by atoms with Crippen molar-refractivity contribution in [2.24, 2.45) is 0 Å². The fraction of sp³-hybridized carbons (Fsp3) is 0.318. The maximum absolute atomic E-state index is 5.52. The van der Waals surface area contributed by atoms with Gasteiger partial charge in [-0.25, -0.2) is 4.98 Å². The molecule has 8 heteroatoms. The first kappa shape index (κ1) is 19.9. The van der Waals surface area contributed by atoms with E-state index in [1.807, 2.05) is 42.6 Å². The van der Waals surface area contributed by atoms with Crippen molar-refractivity contribution in [2.45, 2.75) is 13.1 Å². The summed E-state index contributed by atoms with van der Waals surface area (Å²) >= 11 is 0. The summed E-state index contributed by atoms with van der Waals surface area (Å²) in [5.74, 6) is 3.66. The predicted octanol–water partition coefficient (Wildman–Crippen LogP) is 3.55. The molecule has 0 amide bonds. The summed E-state index contributed by atoms with van der Waals surface area (Å²) in [6.45, 7) is 2.07. The van der Waals surface area contributed by atoms with E-state index < -0.39 is 0 Å². The Bertz CT molecular complexity index is 1020. The molecule has 0 atom stereocenters. The van der Waals surface area contributed by atoms with Crippen LogP contribution in [0.1, 0.15) is 5.56 Å². The van der Waals surface area contributed by atoms with Crippen molar-refractivity contribution >= 4 is 5.95 Å². The molecule has 4 rings (SSSR count). The van der Waals surface area contributed by atoms with Crippen LogP contribution in [0.2, 0.25) is 0 Å². The van der Waals surface area contributed by atoms with Gasteiger partial charge in [0.05, 0.1) is 32.7 Å². The zero-order valence-electron chi connectivity index (χ0n) is 17.3. The van der Waals surface area contributed by atoms with E-state index in [0.717, 1.165) is 34.3 Å². The molecule has 0 aliphatic carbocycles. The lowest BCUT2D eigenvalue weighted by Gasteiger charge is -2.14. The lowest BCUT2D eigenvalue weighted by molar-refractivity contribution is 0.174. The molecule has 0 radical (unpaired) electrons. The lowest BCUT2D eigenvalue weighted by atomic mass is 10.1. The molecule has 1 N–H and O–H groups in total. The first-order valence-corrected chi connectivity index (χ1v) is 9.62. The number of benzene rings is 2. The standard InChI is InChI=1S/C22H25N3O5/c1-26-9-8-25-17(16-5-7-19-21(11-16)30-14-29-19)13-24-22(25)23-12-15-4-6-18(27-2)20(10-15)28-3/h4-7,10-11,13H,8-9,12,14H2,1-3H3,(H,23,24). The van der Waals surface area contributed by atoms with E-state index in [0.29, 0.717) is 31.2 Å². The molecule has 158 valence electrons. The number of aromatic nitrogens is 2. The van der Waals surface area contributed by atoms with Crippen LogP contribution in [0.3, 0.4) is 0 Å². The zero-order valence-corrected chi connectivity index (χ0v) is 17.3. The molecule has 0 saturated carbocycles. The van der Waals surface area contributed by atoms with Crippen LogP contribution in [0, 0.1) is 0 Å². The maximum atomic E-state index is 5.52. The number of nitrogens with zero attached hydrogens (tertiary/aromatic N) is 2. The Labute approximate surface area is 175 Å². The van der Waals surface area contributed by atoms with Crippen molar-refractivity contribution in [2.75, 3.05) is 40.0 Å². The Kier molecular flexibility index (Phi) is 5.94. The van der Waals surface area contributed by atoms with E-state index in [1.165, 1.54) is 0 Å². The van der Waals surface area contributed by atoms with Gasteiger partial charge in [-0.2, -0.15) is 0 Å². The van der Waals surface area contributed by atoms with Crippen molar-refractivity contribution in [3.05, 3.63) is 48.2 Å². The molecule has 0 bridgehead atoms. The van der Waals surface area contributed by atoms with Gasteiger partial charge in [-0.05, 0) is 35.9 Å². The van der Waals surface area contributed by atoms with Gasteiger partial charge in [0.1, 0.15) is 0 Å². The number of imidazole rings is 1. The van der Waals surface area contributed by atoms with Gasteiger partial charge in [0.15, 0.2) is 23.0 Å². The molecule has 8 nitrogen and oxygen atoms in total. The number of ether oxygens (including phenoxy) is 5. The molecule has 3 aromatic rings. The summed E-state index contributed by atoms with van der Waals surface area (Å²) in [6, 6.07) is 11.7. The fourth-order valence-corrected chi connectivity index (χ4v) is 3.38. The monoisotopic (exact) mass is 411 g/mol. The fourth-order valence-electron chi connectivity index (χ4n) is 3.38. The van der Waals surface area contributed by atoms with E-state index >= 15 is 0 Å². The summed E-state index contributed by atoms with van der Waals surface area (Å²) in [6.07, 6.45) is 1.85. The quantitative estimate of drug-likeness (QED) is 0.577. The van der Waals surface area contributed by atoms with Crippen molar-refractivity contribution in [1.82, 2.24) is 9.55 Å². The Balaban J connectivity index is 1.57. The van der Waals surface area contributed by atoms with Gasteiger partial charge in [-0.3, -0.25) is 0 Å². The van der Waals surface area contributed by atoms with Gasteiger partial charge in [0.25, 0.3) is 0 Å². The summed E-state index contributed by atoms with van der Waals surface area (Å²) in [7, 11) is 4.94. The number of anilines is 1. The number of hydrogen-bond donors (Lipinski definition) is 1. The van der Waals surface area contributed by atoms with Gasteiger partial charge in [-0.15, -0.1) is 0 Å². The molecule has 2 aromatic carbocycles. The molecule has 0 fully saturated rings. The minimum absolute atomic E-state index is 0.250. The average molecular weight is 411 g/mol. The van der Waals surface area contributed by atoms with Crippen LogP contribution in [0.15, 0.2) is 42.6 Å². The second kappa shape index (κ2) is 8.96. The molecule has 0 spiro atoms. The zero-order chi connectivity index (χ0) is 20.9. The predicted molar refractivity (Wildman–Crippen MR) is 113 cm³/mol. The van der Waals surface area contributed by atoms with Gasteiger partial charge in [-0.1, -0.05) is 6.07 Å². The highest BCUT2D eigenvalue weighted by Gasteiger charge is 2.17. The first-order valence-electron chi connectivity index (χ1n) is 9.62. The van der Waals surface area contributed by atoms with E-state index in [9.17, 15) is 0 Å². The van der Waals surface area contributed by atoms with E-state index in [4.69, 9.17) is 23.7 Å². The van der Waals surface area contributed by atoms with Gasteiger partial charge in [0.2, 0.25) is 12.7 Å². The number of nitrogens with one attached hydrogen (secondary N) is 1. The van der Waals surface area contributed by atoms with Crippen LogP contribution >= 0.6 is 0 Å². The normalized spacial score (nSPS) is 12.1. The van der Waals surface area contributed by atoms with Crippen molar-refractivity contribution in [3.63, 3.8) is 0 Å². The molecular weight excluding hydrogens is 386 g/mol. The van der Waals surface area contributed by atoms with Crippen LogP contribution in [-0.4, -0.2) is 44.3 Å². The smallest absolute Gasteiger partial charge is 0.231 e. The van der Waals surface area contributed by atoms with Crippen molar-refractivity contribution < 1.29 is 23.7 Å². The molecular formula is C22H25N3O5. The minimum Gasteiger partial charge on any atom is -0.493 e. The number of hydrogen-bond acceptors (Lipinski definition) is 7. The van der Waals surface area contributed by atoms with Crippen LogP contribution in [0.4, 0.5) is 5.95 Å². The molecule has 1 aliphatic heterocycles. The van der Waals surface area contributed by atoms with Crippen LogP contribution in [-0.2, 0) is 17.8 Å². The van der Waals surface area contributed by atoms with E-state index in [-0.39, 0.29) is 6.79 Å². The van der Waals surface area contributed by atoms with Crippen molar-refractivity contribution in [1.29, 1.82) is 0 Å². The summed E-state index contributed by atoms with van der Waals surface area (Å²) in [5.41, 5.74) is 3.03. The Morgan fingerprint density at radius 3 is 2.63 bits per heavy atom. The Morgan fingerprint density at radius 1 is 1.00 bits per heavy atom. The van der Waals surface area contributed by atoms with Crippen molar-refractivity contribution in [3.8, 4) is 34.3 Å². The number of rotatable bonds is 9. The summed E-state index contributed by atoms with van der Waals surface area (Å²) < 4.78 is 29.0. The second-order valence-electron chi connectivity index (χ2n) is 6.72. The highest BCUT2D eigenvalue weighted by molar-refractivity contribution is 5.66. The number of methoxy groups -OCH3 is 3. The second-order valence-corrected chi connectivity index (χ2v) is 6.72. The molecule has 0 saturated heterocycles. The molecule has 2 heterocycles. The summed E-state index contributed by atoms with van der Waals surface area (Å²) in [4.78, 5) is 4.60. The van der Waals surface area contributed by atoms with E-state index in [2.05, 4.69) is 14.9 Å². The van der Waals surface area contributed by atoms with Crippen LogP contribution in [0.25, 0.3) is 11.3 Å². The SMILES string of the molecule is COCCn1c(-c2ccc3c(c2)OCO3)cnc1NCc1ccc(OC)c(OC)c1. The molecule has 1 aliphatic rings. The summed E-state index contributed by atoms with van der Waals surface area (Å²) in [5, 5.41) is 3.41. The topological polar surface area (TPSA) is 76.0 Å².